The van der Waals surface area contributed by atoms with Crippen LogP contribution >= 0.6 is 0 Å². The van der Waals surface area contributed by atoms with Crippen molar-refractivity contribution in [3.63, 3.8) is 0 Å². The van der Waals surface area contributed by atoms with E-state index in [1.54, 1.807) is 24.3 Å². The number of hydrogen-bond donors (Lipinski definition) is 3. The molecule has 0 aromatic heterocycles. The Morgan fingerprint density at radius 3 is 1.67 bits per heavy atom. The molecule has 0 bridgehead atoms. The molecule has 0 atom stereocenters. The zero-order chi connectivity index (χ0) is 23.5. The van der Waals surface area contributed by atoms with Gasteiger partial charge in [-0.05, 0) is 34.9 Å². The van der Waals surface area contributed by atoms with E-state index in [4.69, 9.17) is 9.84 Å². The lowest BCUT2D eigenvalue weighted by Gasteiger charge is -2.11. The second kappa shape index (κ2) is 11.9. The summed E-state index contributed by atoms with van der Waals surface area (Å²) in [5.74, 6) is -1.71. The Balaban J connectivity index is 1.75. The first-order valence-electron chi connectivity index (χ1n) is 10.3. The second-order valence-electron chi connectivity index (χ2n) is 7.15. The summed E-state index contributed by atoms with van der Waals surface area (Å²) in [7, 11) is 0. The first kappa shape index (κ1) is 23.3. The second-order valence-corrected chi connectivity index (χ2v) is 7.15. The molecule has 3 N–H and O–H groups in total. The van der Waals surface area contributed by atoms with Crippen LogP contribution in [0.2, 0.25) is 0 Å². The number of benzene rings is 3. The number of carboxylic acid groups (broad SMARTS) is 1. The normalized spacial score (nSPS) is 10.1. The van der Waals surface area contributed by atoms with Crippen LogP contribution in [0.4, 0.5) is 0 Å². The number of hydrogen-bond acceptors (Lipinski definition) is 4. The molecule has 0 aliphatic rings. The maximum atomic E-state index is 12.9. The van der Waals surface area contributed by atoms with Gasteiger partial charge in [-0.3, -0.25) is 9.59 Å². The highest BCUT2D eigenvalue weighted by molar-refractivity contribution is 6.21. The molecule has 0 fully saturated rings. The van der Waals surface area contributed by atoms with Crippen molar-refractivity contribution in [2.24, 2.45) is 0 Å². The van der Waals surface area contributed by atoms with Gasteiger partial charge in [0.15, 0.2) is 6.61 Å². The smallest absolute Gasteiger partial charge is 0.341 e. The van der Waals surface area contributed by atoms with Crippen molar-refractivity contribution in [3.05, 3.63) is 107 Å². The van der Waals surface area contributed by atoms with Gasteiger partial charge in [0.05, 0.1) is 0 Å². The lowest BCUT2D eigenvalue weighted by Crippen LogP contribution is -2.34. The van der Waals surface area contributed by atoms with E-state index in [1.165, 1.54) is 6.08 Å². The molecular formula is C26H24N2O5. The van der Waals surface area contributed by atoms with Gasteiger partial charge in [-0.2, -0.15) is 0 Å². The lowest BCUT2D eigenvalue weighted by molar-refractivity contribution is -0.139. The molecule has 0 heterocycles. The first-order chi connectivity index (χ1) is 16.0. The molecule has 2 amide bonds. The third-order valence-electron chi connectivity index (χ3n) is 4.63. The van der Waals surface area contributed by atoms with Crippen molar-refractivity contribution in [2.75, 3.05) is 6.61 Å². The summed E-state index contributed by atoms with van der Waals surface area (Å²) >= 11 is 0. The van der Waals surface area contributed by atoms with E-state index < -0.39 is 24.4 Å². The average Bonchev–Trinajstić information content (AvgIpc) is 2.85. The van der Waals surface area contributed by atoms with Gasteiger partial charge < -0.3 is 20.5 Å². The number of carbonyl (C=O) groups excluding carboxylic acids is 2. The van der Waals surface area contributed by atoms with Crippen molar-refractivity contribution in [1.82, 2.24) is 10.6 Å². The summed E-state index contributed by atoms with van der Waals surface area (Å²) in [6, 6.07) is 25.3. The van der Waals surface area contributed by atoms with Gasteiger partial charge in [0.1, 0.15) is 11.3 Å². The molecule has 0 unspecified atom stereocenters. The van der Waals surface area contributed by atoms with Crippen LogP contribution in [0.15, 0.2) is 90.5 Å². The maximum Gasteiger partial charge on any atom is 0.341 e. The number of ether oxygens (including phenoxy) is 1. The van der Waals surface area contributed by atoms with E-state index in [9.17, 15) is 14.4 Å². The van der Waals surface area contributed by atoms with Crippen molar-refractivity contribution >= 4 is 23.9 Å². The molecule has 0 spiro atoms. The fraction of sp³-hybridized carbons (Fsp3) is 0.115. The highest BCUT2D eigenvalue weighted by Gasteiger charge is 2.18. The van der Waals surface area contributed by atoms with Crippen LogP contribution in [-0.4, -0.2) is 29.5 Å². The van der Waals surface area contributed by atoms with Crippen LogP contribution in [0.1, 0.15) is 16.7 Å². The van der Waals surface area contributed by atoms with Gasteiger partial charge in [-0.15, -0.1) is 0 Å². The van der Waals surface area contributed by atoms with Crippen LogP contribution in [0.25, 0.3) is 6.08 Å². The summed E-state index contributed by atoms with van der Waals surface area (Å²) in [4.78, 5) is 36.4. The Kier molecular flexibility index (Phi) is 8.36. The van der Waals surface area contributed by atoms with Gasteiger partial charge in [0, 0.05) is 13.1 Å². The standard InChI is InChI=1S/C26H24N2O5/c29-24(30)18-33-22-13-11-19(12-14-22)15-23(25(31)27-16-20-7-3-1-4-8-20)26(32)28-17-21-9-5-2-6-10-21/h1-15H,16-18H2,(H,27,31)(H,28,32)(H,29,30). The zero-order valence-electron chi connectivity index (χ0n) is 17.9. The molecule has 33 heavy (non-hydrogen) atoms. The Bertz CT molecular complexity index is 1050. The Labute approximate surface area is 191 Å². The quantitative estimate of drug-likeness (QED) is 0.253. The molecule has 0 aliphatic carbocycles. The minimum absolute atomic E-state index is 0.0407. The molecule has 0 saturated carbocycles. The van der Waals surface area contributed by atoms with Crippen molar-refractivity contribution in [3.8, 4) is 5.75 Å². The molecule has 168 valence electrons. The van der Waals surface area contributed by atoms with E-state index in [2.05, 4.69) is 10.6 Å². The Hall–Kier alpha value is -4.39. The van der Waals surface area contributed by atoms with Crippen LogP contribution < -0.4 is 15.4 Å². The SMILES string of the molecule is O=C(O)COc1ccc(C=C(C(=O)NCc2ccccc2)C(=O)NCc2ccccc2)cc1. The minimum atomic E-state index is -1.08. The van der Waals surface area contributed by atoms with Gasteiger partial charge in [0.25, 0.3) is 11.8 Å². The first-order valence-corrected chi connectivity index (χ1v) is 10.3. The lowest BCUT2D eigenvalue weighted by atomic mass is 10.1. The number of rotatable bonds is 10. The fourth-order valence-corrected chi connectivity index (χ4v) is 2.95. The van der Waals surface area contributed by atoms with Crippen LogP contribution in [0.3, 0.4) is 0 Å². The van der Waals surface area contributed by atoms with Crippen molar-refractivity contribution in [1.29, 1.82) is 0 Å². The maximum absolute atomic E-state index is 12.9. The van der Waals surface area contributed by atoms with Gasteiger partial charge in [-0.25, -0.2) is 4.79 Å². The van der Waals surface area contributed by atoms with Crippen LogP contribution in [0, 0.1) is 0 Å². The van der Waals surface area contributed by atoms with E-state index in [-0.39, 0.29) is 18.7 Å². The number of aliphatic carboxylic acids is 1. The van der Waals surface area contributed by atoms with E-state index in [1.807, 2.05) is 60.7 Å². The van der Waals surface area contributed by atoms with Crippen LogP contribution in [0.5, 0.6) is 5.75 Å². The molecule has 3 aromatic rings. The van der Waals surface area contributed by atoms with Gasteiger partial charge in [0.2, 0.25) is 0 Å². The topological polar surface area (TPSA) is 105 Å². The highest BCUT2D eigenvalue weighted by atomic mass is 16.5. The largest absolute Gasteiger partial charge is 0.482 e. The fourth-order valence-electron chi connectivity index (χ4n) is 2.95. The van der Waals surface area contributed by atoms with E-state index >= 15 is 0 Å². The van der Waals surface area contributed by atoms with Crippen LogP contribution in [-0.2, 0) is 27.5 Å². The molecule has 0 saturated heterocycles. The number of carboxylic acids is 1. The van der Waals surface area contributed by atoms with Crippen molar-refractivity contribution < 1.29 is 24.2 Å². The molecule has 0 radical (unpaired) electrons. The predicted molar refractivity (Wildman–Crippen MR) is 124 cm³/mol. The van der Waals surface area contributed by atoms with E-state index in [0.717, 1.165) is 11.1 Å². The summed E-state index contributed by atoms with van der Waals surface area (Å²) in [6.07, 6.45) is 1.49. The van der Waals surface area contributed by atoms with Gasteiger partial charge >= 0.3 is 5.97 Å². The van der Waals surface area contributed by atoms with Crippen molar-refractivity contribution in [2.45, 2.75) is 13.1 Å². The number of nitrogens with one attached hydrogen (secondary N) is 2. The average molecular weight is 444 g/mol. The molecule has 7 nitrogen and oxygen atoms in total. The molecular weight excluding hydrogens is 420 g/mol. The number of amides is 2. The third-order valence-corrected chi connectivity index (χ3v) is 4.63. The summed E-state index contributed by atoms with van der Waals surface area (Å²) in [5.41, 5.74) is 2.38. The molecule has 3 rings (SSSR count). The molecule has 0 aliphatic heterocycles. The minimum Gasteiger partial charge on any atom is -0.482 e. The molecule has 7 heteroatoms. The summed E-state index contributed by atoms with van der Waals surface area (Å²) < 4.78 is 5.12. The Morgan fingerprint density at radius 1 is 0.727 bits per heavy atom. The molecule has 3 aromatic carbocycles. The zero-order valence-corrected chi connectivity index (χ0v) is 17.9. The third kappa shape index (κ3) is 7.66. The highest BCUT2D eigenvalue weighted by Crippen LogP contribution is 2.15. The summed E-state index contributed by atoms with van der Waals surface area (Å²) in [6.45, 7) is 0.111. The predicted octanol–water partition coefficient (Wildman–Crippen LogP) is 3.17. The monoisotopic (exact) mass is 444 g/mol. The van der Waals surface area contributed by atoms with E-state index in [0.29, 0.717) is 11.3 Å². The van der Waals surface area contributed by atoms with Gasteiger partial charge in [-0.1, -0.05) is 72.8 Å². The number of carbonyl (C=O) groups is 3. The Morgan fingerprint density at radius 2 is 1.21 bits per heavy atom. The summed E-state index contributed by atoms with van der Waals surface area (Å²) in [5, 5.41) is 14.3.